The number of ether oxygens (including phenoxy) is 1. The van der Waals surface area contributed by atoms with Gasteiger partial charge in [-0.3, -0.25) is 14.9 Å². The van der Waals surface area contributed by atoms with E-state index in [0.29, 0.717) is 11.5 Å². The minimum atomic E-state index is -0.567. The van der Waals surface area contributed by atoms with Crippen molar-refractivity contribution in [1.29, 1.82) is 0 Å². The summed E-state index contributed by atoms with van der Waals surface area (Å²) in [6, 6.07) is 16.8. The first kappa shape index (κ1) is 18.2. The number of amides is 1. The zero-order valence-electron chi connectivity index (χ0n) is 14.7. The largest absolute Gasteiger partial charge is 0.486 e. The Balaban J connectivity index is 1.63. The molecule has 3 aromatic rings. The highest BCUT2D eigenvalue weighted by Gasteiger charge is 2.18. The maximum absolute atomic E-state index is 12.3. The molecule has 0 radical (unpaired) electrons. The number of aryl methyl sites for hydroxylation is 1. The van der Waals surface area contributed by atoms with Gasteiger partial charge in [-0.1, -0.05) is 31.2 Å². The number of benzene rings is 2. The van der Waals surface area contributed by atoms with E-state index in [1.807, 2.05) is 24.3 Å². The van der Waals surface area contributed by atoms with Crippen molar-refractivity contribution in [3.8, 4) is 5.75 Å². The molecule has 27 heavy (non-hydrogen) atoms. The average molecular weight is 366 g/mol. The van der Waals surface area contributed by atoms with Crippen LogP contribution in [0.25, 0.3) is 0 Å². The van der Waals surface area contributed by atoms with Crippen LogP contribution in [0, 0.1) is 10.1 Å². The Hall–Kier alpha value is -3.61. The number of rotatable bonds is 7. The van der Waals surface area contributed by atoms with E-state index in [0.717, 1.165) is 6.42 Å². The van der Waals surface area contributed by atoms with Crippen molar-refractivity contribution in [2.24, 2.45) is 0 Å². The number of hydrogen-bond acceptors (Lipinski definition) is 5. The number of nitro groups is 1. The predicted molar refractivity (Wildman–Crippen MR) is 99.9 cm³/mol. The lowest BCUT2D eigenvalue weighted by molar-refractivity contribution is -0.383. The van der Waals surface area contributed by atoms with Gasteiger partial charge in [-0.2, -0.15) is 0 Å². The van der Waals surface area contributed by atoms with Crippen molar-refractivity contribution in [2.75, 3.05) is 5.32 Å². The summed E-state index contributed by atoms with van der Waals surface area (Å²) in [5.41, 5.74) is 1.14. The first-order valence-electron chi connectivity index (χ1n) is 8.42. The van der Waals surface area contributed by atoms with Crippen LogP contribution in [0.1, 0.15) is 28.8 Å². The van der Waals surface area contributed by atoms with Gasteiger partial charge in [0.25, 0.3) is 11.6 Å². The van der Waals surface area contributed by atoms with Crippen LogP contribution in [0.2, 0.25) is 0 Å². The normalized spacial score (nSPS) is 10.4. The van der Waals surface area contributed by atoms with Crippen LogP contribution in [0.4, 0.5) is 11.4 Å². The van der Waals surface area contributed by atoms with Gasteiger partial charge in [0, 0.05) is 6.07 Å². The molecule has 0 fully saturated rings. The molecular formula is C20H18N2O5. The highest BCUT2D eigenvalue weighted by molar-refractivity contribution is 6.03. The van der Waals surface area contributed by atoms with E-state index < -0.39 is 10.8 Å². The Labute approximate surface area is 155 Å². The number of carbonyl (C=O) groups excluding carboxylic acids is 1. The molecule has 1 N–H and O–H groups in total. The second kappa shape index (κ2) is 8.18. The van der Waals surface area contributed by atoms with Gasteiger partial charge in [0.05, 0.1) is 4.92 Å². The molecule has 2 aromatic carbocycles. The van der Waals surface area contributed by atoms with Gasteiger partial charge < -0.3 is 14.5 Å². The summed E-state index contributed by atoms with van der Waals surface area (Å²) in [6.45, 7) is 2.25. The van der Waals surface area contributed by atoms with Gasteiger partial charge >= 0.3 is 0 Å². The molecule has 7 nitrogen and oxygen atoms in total. The Morgan fingerprint density at radius 3 is 2.56 bits per heavy atom. The van der Waals surface area contributed by atoms with Crippen molar-refractivity contribution >= 4 is 17.3 Å². The van der Waals surface area contributed by atoms with Gasteiger partial charge in [-0.25, -0.2) is 0 Å². The molecule has 138 valence electrons. The van der Waals surface area contributed by atoms with Gasteiger partial charge in [0.15, 0.2) is 5.76 Å². The van der Waals surface area contributed by atoms with Gasteiger partial charge in [-0.05, 0) is 42.3 Å². The number of anilines is 1. The molecule has 0 atom stereocenters. The fourth-order valence-electron chi connectivity index (χ4n) is 2.48. The zero-order chi connectivity index (χ0) is 19.2. The molecule has 0 saturated heterocycles. The van der Waals surface area contributed by atoms with E-state index >= 15 is 0 Å². The maximum atomic E-state index is 12.3. The van der Waals surface area contributed by atoms with E-state index in [4.69, 9.17) is 9.15 Å². The molecule has 3 rings (SSSR count). The summed E-state index contributed by atoms with van der Waals surface area (Å²) in [5.74, 6) is 0.660. The molecule has 1 aromatic heterocycles. The quantitative estimate of drug-likeness (QED) is 0.488. The molecule has 0 aliphatic heterocycles. The molecule has 7 heteroatoms. The maximum Gasteiger partial charge on any atom is 0.292 e. The van der Waals surface area contributed by atoms with E-state index in [-0.39, 0.29) is 23.7 Å². The molecule has 0 bridgehead atoms. The number of furan rings is 1. The molecule has 0 aliphatic rings. The SMILES string of the molecule is CCc1ccc(OCc2ccc(C(=O)Nc3ccccc3[N+](=O)[O-])o2)cc1. The fraction of sp³-hybridized carbons (Fsp3) is 0.150. The topological polar surface area (TPSA) is 94.6 Å². The van der Waals surface area contributed by atoms with E-state index in [2.05, 4.69) is 12.2 Å². The van der Waals surface area contributed by atoms with Crippen molar-refractivity contribution < 1.29 is 18.9 Å². The second-order valence-electron chi connectivity index (χ2n) is 5.78. The number of hydrogen-bond donors (Lipinski definition) is 1. The molecule has 1 amide bonds. The lowest BCUT2D eigenvalue weighted by Crippen LogP contribution is -2.12. The standard InChI is InChI=1S/C20H18N2O5/c1-2-14-7-9-15(10-8-14)26-13-16-11-12-19(27-16)20(23)21-17-5-3-4-6-18(17)22(24)25/h3-12H,2,13H2,1H3,(H,21,23). The number of carbonyl (C=O) groups is 1. The van der Waals surface area contributed by atoms with Crippen LogP contribution >= 0.6 is 0 Å². The van der Waals surface area contributed by atoms with E-state index in [9.17, 15) is 14.9 Å². The van der Waals surface area contributed by atoms with Gasteiger partial charge in [-0.15, -0.1) is 0 Å². The van der Waals surface area contributed by atoms with Gasteiger partial charge in [0.2, 0.25) is 0 Å². The number of nitrogens with zero attached hydrogens (tertiary/aromatic N) is 1. The monoisotopic (exact) mass is 366 g/mol. The smallest absolute Gasteiger partial charge is 0.292 e. The van der Waals surface area contributed by atoms with Crippen molar-refractivity contribution in [2.45, 2.75) is 20.0 Å². The Morgan fingerprint density at radius 2 is 1.85 bits per heavy atom. The Kier molecular flexibility index (Phi) is 5.51. The van der Waals surface area contributed by atoms with Crippen LogP contribution in [-0.4, -0.2) is 10.8 Å². The summed E-state index contributed by atoms with van der Waals surface area (Å²) >= 11 is 0. The number of nitrogens with one attached hydrogen (secondary N) is 1. The summed E-state index contributed by atoms with van der Waals surface area (Å²) in [4.78, 5) is 22.7. The molecule has 0 aliphatic carbocycles. The third-order valence-corrected chi connectivity index (χ3v) is 3.95. The van der Waals surface area contributed by atoms with E-state index in [1.165, 1.54) is 29.8 Å². The Morgan fingerprint density at radius 1 is 1.11 bits per heavy atom. The Bertz CT molecular complexity index is 947. The van der Waals surface area contributed by atoms with E-state index in [1.54, 1.807) is 12.1 Å². The molecule has 1 heterocycles. The lowest BCUT2D eigenvalue weighted by atomic mass is 10.2. The first-order chi connectivity index (χ1) is 13.1. The molecule has 0 spiro atoms. The number of para-hydroxylation sites is 2. The highest BCUT2D eigenvalue weighted by Crippen LogP contribution is 2.24. The van der Waals surface area contributed by atoms with Crippen molar-refractivity contribution in [3.05, 3.63) is 87.9 Å². The van der Waals surface area contributed by atoms with Crippen LogP contribution < -0.4 is 10.1 Å². The summed E-state index contributed by atoms with van der Waals surface area (Å²) < 4.78 is 11.1. The summed E-state index contributed by atoms with van der Waals surface area (Å²) in [6.07, 6.45) is 0.955. The second-order valence-corrected chi connectivity index (χ2v) is 5.78. The predicted octanol–water partition coefficient (Wildman–Crippen LogP) is 4.58. The van der Waals surface area contributed by atoms with Crippen LogP contribution in [-0.2, 0) is 13.0 Å². The van der Waals surface area contributed by atoms with Crippen molar-refractivity contribution in [3.63, 3.8) is 0 Å². The first-order valence-corrected chi connectivity index (χ1v) is 8.42. The number of nitro benzene ring substituents is 1. The van der Waals surface area contributed by atoms with Gasteiger partial charge in [0.1, 0.15) is 23.8 Å². The fourth-order valence-corrected chi connectivity index (χ4v) is 2.48. The molecule has 0 unspecified atom stereocenters. The molecular weight excluding hydrogens is 348 g/mol. The summed E-state index contributed by atoms with van der Waals surface area (Å²) in [7, 11) is 0. The third-order valence-electron chi connectivity index (χ3n) is 3.95. The zero-order valence-corrected chi connectivity index (χ0v) is 14.7. The highest BCUT2D eigenvalue weighted by atomic mass is 16.6. The summed E-state index contributed by atoms with van der Waals surface area (Å²) in [5, 5.41) is 13.5. The van der Waals surface area contributed by atoms with Crippen molar-refractivity contribution in [1.82, 2.24) is 0 Å². The van der Waals surface area contributed by atoms with Crippen LogP contribution in [0.15, 0.2) is 65.1 Å². The van der Waals surface area contributed by atoms with Crippen LogP contribution in [0.3, 0.4) is 0 Å². The molecule has 0 saturated carbocycles. The minimum absolute atomic E-state index is 0.0491. The third kappa shape index (κ3) is 4.52. The lowest BCUT2D eigenvalue weighted by Gasteiger charge is -2.05. The average Bonchev–Trinajstić information content (AvgIpc) is 3.16. The minimum Gasteiger partial charge on any atom is -0.486 e. The van der Waals surface area contributed by atoms with Crippen LogP contribution in [0.5, 0.6) is 5.75 Å².